The zero-order chi connectivity index (χ0) is 9.14. The van der Waals surface area contributed by atoms with Gasteiger partial charge in [-0.05, 0) is 28.1 Å². The Balaban J connectivity index is 3.23. The lowest BCUT2D eigenvalue weighted by molar-refractivity contribution is 0.622. The molecule has 0 atom stereocenters. The number of rotatable bonds is 1. The molecule has 2 N–H and O–H groups in total. The zero-order valence-corrected chi connectivity index (χ0v) is 8.10. The second-order valence-corrected chi connectivity index (χ2v) is 3.14. The Kier molecular flexibility index (Phi) is 2.81. The fourth-order valence-electron chi connectivity index (χ4n) is 0.828. The summed E-state index contributed by atoms with van der Waals surface area (Å²) in [7, 11) is 1.64. The van der Waals surface area contributed by atoms with Crippen LogP contribution in [0.5, 0.6) is 0 Å². The number of halogens is 2. The predicted octanol–water partition coefficient (Wildman–Crippen LogP) is 2.22. The van der Waals surface area contributed by atoms with Crippen LogP contribution >= 0.6 is 15.9 Å². The summed E-state index contributed by atoms with van der Waals surface area (Å²) in [6.45, 7) is 0. The van der Waals surface area contributed by atoms with Gasteiger partial charge in [-0.3, -0.25) is 4.99 Å². The molecule has 0 aliphatic carbocycles. The number of nitrogen functional groups attached to an aromatic ring is 1. The standard InChI is InChI=1S/C8H8BrFN2/c1-12-4-5-2-6(9)7(10)3-8(5)11/h2-4H,11H2,1H3. The molecule has 0 saturated heterocycles. The molecule has 0 fully saturated rings. The lowest BCUT2D eigenvalue weighted by Gasteiger charge is -2.01. The number of nitrogens with zero attached hydrogens (tertiary/aromatic N) is 1. The summed E-state index contributed by atoms with van der Waals surface area (Å²) >= 11 is 3.06. The molecule has 0 amide bonds. The molecule has 12 heavy (non-hydrogen) atoms. The van der Waals surface area contributed by atoms with Gasteiger partial charge in [-0.1, -0.05) is 0 Å². The minimum absolute atomic E-state index is 0.360. The van der Waals surface area contributed by atoms with Gasteiger partial charge in [0.15, 0.2) is 0 Å². The lowest BCUT2D eigenvalue weighted by atomic mass is 10.2. The molecule has 0 spiro atoms. The third-order valence-electron chi connectivity index (χ3n) is 1.39. The highest BCUT2D eigenvalue weighted by atomic mass is 79.9. The first-order valence-electron chi connectivity index (χ1n) is 3.32. The second kappa shape index (κ2) is 3.67. The number of nitrogens with two attached hydrogens (primary N) is 1. The fourth-order valence-corrected chi connectivity index (χ4v) is 1.19. The van der Waals surface area contributed by atoms with Crippen molar-refractivity contribution in [2.24, 2.45) is 4.99 Å². The molecule has 0 heterocycles. The highest BCUT2D eigenvalue weighted by molar-refractivity contribution is 9.10. The molecule has 0 radical (unpaired) electrons. The average molecular weight is 231 g/mol. The van der Waals surface area contributed by atoms with E-state index in [2.05, 4.69) is 20.9 Å². The average Bonchev–Trinajstić information content (AvgIpc) is 2.01. The molecule has 0 aliphatic rings. The Labute approximate surface area is 78.4 Å². The van der Waals surface area contributed by atoms with E-state index in [1.165, 1.54) is 6.07 Å². The summed E-state index contributed by atoms with van der Waals surface area (Å²) in [6.07, 6.45) is 1.58. The van der Waals surface area contributed by atoms with Gasteiger partial charge in [0.2, 0.25) is 0 Å². The van der Waals surface area contributed by atoms with E-state index in [-0.39, 0.29) is 5.82 Å². The molecule has 2 nitrogen and oxygen atoms in total. The smallest absolute Gasteiger partial charge is 0.139 e. The maximum Gasteiger partial charge on any atom is 0.139 e. The topological polar surface area (TPSA) is 38.4 Å². The molecule has 0 aliphatic heterocycles. The first-order valence-corrected chi connectivity index (χ1v) is 4.11. The number of hydrogen-bond acceptors (Lipinski definition) is 2. The molecule has 0 bridgehead atoms. The van der Waals surface area contributed by atoms with Crippen LogP contribution in [0.15, 0.2) is 21.6 Å². The summed E-state index contributed by atoms with van der Waals surface area (Å²) in [6, 6.07) is 2.86. The van der Waals surface area contributed by atoms with Crippen molar-refractivity contribution in [3.63, 3.8) is 0 Å². The Morgan fingerprint density at radius 1 is 1.58 bits per heavy atom. The van der Waals surface area contributed by atoms with E-state index in [4.69, 9.17) is 5.73 Å². The Morgan fingerprint density at radius 2 is 2.25 bits per heavy atom. The highest BCUT2D eigenvalue weighted by Gasteiger charge is 2.03. The number of anilines is 1. The van der Waals surface area contributed by atoms with E-state index >= 15 is 0 Å². The van der Waals surface area contributed by atoms with Crippen LogP contribution in [0, 0.1) is 5.82 Å². The van der Waals surface area contributed by atoms with Crippen molar-refractivity contribution in [2.45, 2.75) is 0 Å². The molecule has 0 unspecified atom stereocenters. The summed E-state index contributed by atoms with van der Waals surface area (Å²) in [4.78, 5) is 3.79. The quantitative estimate of drug-likeness (QED) is 0.584. The molecule has 1 rings (SSSR count). The van der Waals surface area contributed by atoms with Crippen LogP contribution in [0.1, 0.15) is 5.56 Å². The molecular weight excluding hydrogens is 223 g/mol. The van der Waals surface area contributed by atoms with E-state index in [1.807, 2.05) is 0 Å². The van der Waals surface area contributed by atoms with E-state index < -0.39 is 0 Å². The normalized spacial score (nSPS) is 10.9. The van der Waals surface area contributed by atoms with Gasteiger partial charge in [0.05, 0.1) is 4.47 Å². The van der Waals surface area contributed by atoms with E-state index in [0.717, 1.165) is 0 Å². The number of benzene rings is 1. The summed E-state index contributed by atoms with van der Waals surface area (Å²) in [5.74, 6) is -0.360. The SMILES string of the molecule is CN=Cc1cc(Br)c(F)cc1N. The zero-order valence-electron chi connectivity index (χ0n) is 6.51. The highest BCUT2D eigenvalue weighted by Crippen LogP contribution is 2.21. The Bertz CT molecular complexity index is 323. The predicted molar refractivity (Wildman–Crippen MR) is 52.0 cm³/mol. The van der Waals surface area contributed by atoms with Crippen LogP contribution in [0.2, 0.25) is 0 Å². The molecule has 1 aromatic carbocycles. The minimum Gasteiger partial charge on any atom is -0.398 e. The van der Waals surface area contributed by atoms with Crippen molar-refractivity contribution in [1.82, 2.24) is 0 Å². The first kappa shape index (κ1) is 9.19. The summed E-state index contributed by atoms with van der Waals surface area (Å²) in [5, 5.41) is 0. The maximum atomic E-state index is 12.8. The van der Waals surface area contributed by atoms with Crippen molar-refractivity contribution in [1.29, 1.82) is 0 Å². The van der Waals surface area contributed by atoms with Gasteiger partial charge in [-0.25, -0.2) is 4.39 Å². The van der Waals surface area contributed by atoms with Gasteiger partial charge >= 0.3 is 0 Å². The van der Waals surface area contributed by atoms with Crippen molar-refractivity contribution < 1.29 is 4.39 Å². The van der Waals surface area contributed by atoms with Crippen LogP contribution in [-0.2, 0) is 0 Å². The molecule has 1 aromatic rings. The van der Waals surface area contributed by atoms with Gasteiger partial charge < -0.3 is 5.73 Å². The molecule has 0 aromatic heterocycles. The monoisotopic (exact) mass is 230 g/mol. The second-order valence-electron chi connectivity index (χ2n) is 2.28. The molecular formula is C8H8BrFN2. The maximum absolute atomic E-state index is 12.8. The van der Waals surface area contributed by atoms with Gasteiger partial charge in [-0.15, -0.1) is 0 Å². The fraction of sp³-hybridized carbons (Fsp3) is 0.125. The van der Waals surface area contributed by atoms with Crippen LogP contribution in [-0.4, -0.2) is 13.3 Å². The van der Waals surface area contributed by atoms with E-state index in [1.54, 1.807) is 19.3 Å². The summed E-state index contributed by atoms with van der Waals surface area (Å²) < 4.78 is 13.2. The molecule has 0 saturated carbocycles. The molecule has 4 heteroatoms. The van der Waals surface area contributed by atoms with E-state index in [0.29, 0.717) is 15.7 Å². The minimum atomic E-state index is -0.360. The number of aliphatic imine (C=N–C) groups is 1. The lowest BCUT2D eigenvalue weighted by Crippen LogP contribution is -1.94. The van der Waals surface area contributed by atoms with Crippen LogP contribution < -0.4 is 5.73 Å². The first-order chi connectivity index (χ1) is 5.65. The van der Waals surface area contributed by atoms with Gasteiger partial charge in [0.1, 0.15) is 5.82 Å². The Morgan fingerprint density at radius 3 is 2.83 bits per heavy atom. The van der Waals surface area contributed by atoms with Crippen molar-refractivity contribution in [3.05, 3.63) is 28.0 Å². The van der Waals surface area contributed by atoms with Gasteiger partial charge in [0.25, 0.3) is 0 Å². The third-order valence-corrected chi connectivity index (χ3v) is 2.00. The van der Waals surface area contributed by atoms with Gasteiger partial charge in [-0.2, -0.15) is 0 Å². The summed E-state index contributed by atoms with van der Waals surface area (Å²) in [5.41, 5.74) is 6.63. The van der Waals surface area contributed by atoms with Crippen molar-refractivity contribution in [3.8, 4) is 0 Å². The van der Waals surface area contributed by atoms with Crippen LogP contribution in [0.3, 0.4) is 0 Å². The largest absolute Gasteiger partial charge is 0.398 e. The van der Waals surface area contributed by atoms with Gasteiger partial charge in [0, 0.05) is 24.5 Å². The van der Waals surface area contributed by atoms with Crippen LogP contribution in [0.25, 0.3) is 0 Å². The Hall–Kier alpha value is -0.900. The van der Waals surface area contributed by atoms with Crippen molar-refractivity contribution >= 4 is 27.8 Å². The van der Waals surface area contributed by atoms with Crippen molar-refractivity contribution in [2.75, 3.05) is 12.8 Å². The van der Waals surface area contributed by atoms with Crippen LogP contribution in [0.4, 0.5) is 10.1 Å². The molecule has 64 valence electrons. The van der Waals surface area contributed by atoms with E-state index in [9.17, 15) is 4.39 Å². The number of hydrogen-bond donors (Lipinski definition) is 1. The third kappa shape index (κ3) is 1.82.